The van der Waals surface area contributed by atoms with E-state index in [1.54, 1.807) is 0 Å². The van der Waals surface area contributed by atoms with Crippen molar-refractivity contribution in [1.82, 2.24) is 0 Å². The summed E-state index contributed by atoms with van der Waals surface area (Å²) >= 11 is 0. The minimum absolute atomic E-state index is 0.109. The molecular formula is C15H19NO4. The summed E-state index contributed by atoms with van der Waals surface area (Å²) in [4.78, 5) is 0. The summed E-state index contributed by atoms with van der Waals surface area (Å²) in [6.45, 7) is 4.40. The van der Waals surface area contributed by atoms with Gasteiger partial charge in [-0.1, -0.05) is 0 Å². The maximum Gasteiger partial charge on any atom is 0.172 e. The van der Waals surface area contributed by atoms with Gasteiger partial charge < -0.3 is 19.3 Å². The van der Waals surface area contributed by atoms with Crippen LogP contribution in [0, 0.1) is 11.3 Å². The van der Waals surface area contributed by atoms with Crippen LogP contribution < -0.4 is 9.47 Å². The standard InChI is InChI=1S/C15H19NO4/c1-3-18-14-7-11-6-10(2)20-13(11)8-12(14)15(9-16)19-5-4-17/h7-8,10,15,17H,3-6H2,1-2H3. The van der Waals surface area contributed by atoms with Crippen LogP contribution in [0.3, 0.4) is 0 Å². The van der Waals surface area contributed by atoms with E-state index >= 15 is 0 Å². The fourth-order valence-corrected chi connectivity index (χ4v) is 2.31. The molecule has 0 aliphatic carbocycles. The van der Waals surface area contributed by atoms with Crippen molar-refractivity contribution >= 4 is 0 Å². The number of nitrogens with zero attached hydrogens (tertiary/aromatic N) is 1. The molecule has 1 N–H and O–H groups in total. The Hall–Kier alpha value is -1.77. The number of aliphatic hydroxyl groups excluding tert-OH is 1. The van der Waals surface area contributed by atoms with Crippen LogP contribution in [0.15, 0.2) is 12.1 Å². The number of fused-ring (bicyclic) bond motifs is 1. The summed E-state index contributed by atoms with van der Waals surface area (Å²) in [6, 6.07) is 5.82. The molecule has 1 aromatic carbocycles. The Kier molecular flexibility index (Phi) is 4.83. The predicted molar refractivity (Wildman–Crippen MR) is 72.8 cm³/mol. The first kappa shape index (κ1) is 14.6. The summed E-state index contributed by atoms with van der Waals surface area (Å²) in [5.41, 5.74) is 1.74. The molecule has 0 saturated heterocycles. The summed E-state index contributed by atoms with van der Waals surface area (Å²) in [5, 5.41) is 18.1. The summed E-state index contributed by atoms with van der Waals surface area (Å²) < 4.78 is 16.7. The average Bonchev–Trinajstić information content (AvgIpc) is 2.79. The van der Waals surface area contributed by atoms with E-state index in [0.29, 0.717) is 17.9 Å². The van der Waals surface area contributed by atoms with Crippen molar-refractivity contribution in [3.8, 4) is 17.6 Å². The molecule has 0 amide bonds. The Labute approximate surface area is 118 Å². The van der Waals surface area contributed by atoms with Crippen molar-refractivity contribution in [2.45, 2.75) is 32.5 Å². The molecule has 0 radical (unpaired) electrons. The zero-order valence-corrected chi connectivity index (χ0v) is 11.8. The lowest BCUT2D eigenvalue weighted by molar-refractivity contribution is 0.0564. The number of rotatable bonds is 6. The van der Waals surface area contributed by atoms with E-state index in [-0.39, 0.29) is 19.3 Å². The van der Waals surface area contributed by atoms with Crippen LogP contribution in [0.2, 0.25) is 0 Å². The molecule has 0 fully saturated rings. The van der Waals surface area contributed by atoms with Crippen molar-refractivity contribution in [3.05, 3.63) is 23.3 Å². The van der Waals surface area contributed by atoms with Crippen LogP contribution in [0.1, 0.15) is 31.1 Å². The molecule has 1 aromatic rings. The Morgan fingerprint density at radius 2 is 2.35 bits per heavy atom. The van der Waals surface area contributed by atoms with E-state index in [1.165, 1.54) is 0 Å². The highest BCUT2D eigenvalue weighted by Crippen LogP contribution is 2.38. The Morgan fingerprint density at radius 1 is 1.55 bits per heavy atom. The topological polar surface area (TPSA) is 71.7 Å². The van der Waals surface area contributed by atoms with Crippen LogP contribution >= 0.6 is 0 Å². The molecule has 5 nitrogen and oxygen atoms in total. The molecule has 1 aliphatic heterocycles. The molecule has 0 bridgehead atoms. The van der Waals surface area contributed by atoms with Gasteiger partial charge in [0.25, 0.3) is 0 Å². The fraction of sp³-hybridized carbons (Fsp3) is 0.533. The molecule has 108 valence electrons. The Balaban J connectivity index is 2.35. The number of benzene rings is 1. The molecule has 0 saturated carbocycles. The largest absolute Gasteiger partial charge is 0.493 e. The lowest BCUT2D eigenvalue weighted by Crippen LogP contribution is -2.09. The molecule has 2 rings (SSSR count). The number of ether oxygens (including phenoxy) is 3. The van der Waals surface area contributed by atoms with Crippen molar-refractivity contribution in [2.75, 3.05) is 19.8 Å². The SMILES string of the molecule is CCOc1cc2c(cc1C(C#N)OCCO)OC(C)C2. The minimum Gasteiger partial charge on any atom is -0.493 e. The third kappa shape index (κ3) is 3.03. The molecular weight excluding hydrogens is 258 g/mol. The summed E-state index contributed by atoms with van der Waals surface area (Å²) in [5.74, 6) is 1.43. The monoisotopic (exact) mass is 277 g/mol. The van der Waals surface area contributed by atoms with Gasteiger partial charge in [0.15, 0.2) is 6.10 Å². The Bertz CT molecular complexity index is 509. The number of hydrogen-bond acceptors (Lipinski definition) is 5. The van der Waals surface area contributed by atoms with Gasteiger partial charge in [-0.2, -0.15) is 5.26 Å². The van der Waals surface area contributed by atoms with Crippen LogP contribution in [0.5, 0.6) is 11.5 Å². The summed E-state index contributed by atoms with van der Waals surface area (Å²) in [6.07, 6.45) is 0.201. The molecule has 1 aliphatic rings. The molecule has 2 atom stereocenters. The minimum atomic E-state index is -0.770. The first-order valence-electron chi connectivity index (χ1n) is 6.78. The summed E-state index contributed by atoms with van der Waals surface area (Å²) in [7, 11) is 0. The molecule has 2 unspecified atom stereocenters. The highest BCUT2D eigenvalue weighted by atomic mass is 16.5. The van der Waals surface area contributed by atoms with E-state index in [4.69, 9.17) is 19.3 Å². The van der Waals surface area contributed by atoms with Gasteiger partial charge in [0.1, 0.15) is 17.6 Å². The molecule has 0 spiro atoms. The highest BCUT2D eigenvalue weighted by molar-refractivity contribution is 5.50. The first-order chi connectivity index (χ1) is 9.69. The van der Waals surface area contributed by atoms with E-state index in [9.17, 15) is 5.26 Å². The Morgan fingerprint density at radius 3 is 3.00 bits per heavy atom. The van der Waals surface area contributed by atoms with Gasteiger partial charge in [0.05, 0.1) is 25.9 Å². The zero-order valence-electron chi connectivity index (χ0n) is 11.8. The quantitative estimate of drug-likeness (QED) is 0.861. The fourth-order valence-electron chi connectivity index (χ4n) is 2.31. The molecule has 1 heterocycles. The highest BCUT2D eigenvalue weighted by Gasteiger charge is 2.25. The number of nitriles is 1. The van der Waals surface area contributed by atoms with Gasteiger partial charge in [-0.05, 0) is 26.0 Å². The first-order valence-corrected chi connectivity index (χ1v) is 6.78. The van der Waals surface area contributed by atoms with Gasteiger partial charge in [-0.3, -0.25) is 0 Å². The van der Waals surface area contributed by atoms with Gasteiger partial charge >= 0.3 is 0 Å². The molecule has 20 heavy (non-hydrogen) atoms. The van der Waals surface area contributed by atoms with E-state index in [0.717, 1.165) is 17.7 Å². The number of aliphatic hydroxyl groups is 1. The third-order valence-corrected chi connectivity index (χ3v) is 3.10. The van der Waals surface area contributed by atoms with E-state index in [2.05, 4.69) is 6.07 Å². The lowest BCUT2D eigenvalue weighted by Gasteiger charge is -2.16. The van der Waals surface area contributed by atoms with Gasteiger partial charge in [-0.25, -0.2) is 0 Å². The zero-order chi connectivity index (χ0) is 14.5. The van der Waals surface area contributed by atoms with Crippen molar-refractivity contribution in [3.63, 3.8) is 0 Å². The molecule has 0 aromatic heterocycles. The second kappa shape index (κ2) is 6.60. The van der Waals surface area contributed by atoms with Crippen LogP contribution in [-0.4, -0.2) is 31.0 Å². The molecule has 5 heteroatoms. The van der Waals surface area contributed by atoms with Crippen molar-refractivity contribution in [2.24, 2.45) is 0 Å². The second-order valence-corrected chi connectivity index (χ2v) is 4.67. The smallest absolute Gasteiger partial charge is 0.172 e. The predicted octanol–water partition coefficient (Wildman–Crippen LogP) is 1.98. The maximum absolute atomic E-state index is 9.25. The second-order valence-electron chi connectivity index (χ2n) is 4.67. The van der Waals surface area contributed by atoms with Crippen molar-refractivity contribution in [1.29, 1.82) is 5.26 Å². The van der Waals surface area contributed by atoms with Crippen molar-refractivity contribution < 1.29 is 19.3 Å². The van der Waals surface area contributed by atoms with Crippen LogP contribution in [-0.2, 0) is 11.2 Å². The van der Waals surface area contributed by atoms with Crippen LogP contribution in [0.4, 0.5) is 0 Å². The van der Waals surface area contributed by atoms with Crippen LogP contribution in [0.25, 0.3) is 0 Å². The van der Waals surface area contributed by atoms with Gasteiger partial charge in [-0.15, -0.1) is 0 Å². The van der Waals surface area contributed by atoms with E-state index in [1.807, 2.05) is 26.0 Å². The number of hydrogen-bond donors (Lipinski definition) is 1. The maximum atomic E-state index is 9.25. The normalized spacial score (nSPS) is 18.0. The van der Waals surface area contributed by atoms with Gasteiger partial charge in [0, 0.05) is 17.5 Å². The third-order valence-electron chi connectivity index (χ3n) is 3.10. The van der Waals surface area contributed by atoms with E-state index < -0.39 is 6.10 Å². The lowest BCUT2D eigenvalue weighted by atomic mass is 10.0. The van der Waals surface area contributed by atoms with Gasteiger partial charge in [0.2, 0.25) is 0 Å². The average molecular weight is 277 g/mol.